The number of aliphatic hydroxyl groups is 1. The lowest BCUT2D eigenvalue weighted by atomic mass is 9.97. The van der Waals surface area contributed by atoms with Gasteiger partial charge in [-0.05, 0) is 12.5 Å². The molecule has 1 rings (SSSR count). The number of aliphatic hydroxyl groups excluding tert-OH is 1. The van der Waals surface area contributed by atoms with Crippen molar-refractivity contribution in [2.45, 2.75) is 13.3 Å². The molecule has 1 aliphatic carbocycles. The van der Waals surface area contributed by atoms with Crippen molar-refractivity contribution in [3.63, 3.8) is 0 Å². The zero-order chi connectivity index (χ0) is 4.57. The minimum absolute atomic E-state index is 0.551. The van der Waals surface area contributed by atoms with Crippen LogP contribution in [0.25, 0.3) is 0 Å². The molecule has 0 saturated heterocycles. The summed E-state index contributed by atoms with van der Waals surface area (Å²) in [7, 11) is 0. The number of hydrogen-bond acceptors (Lipinski definition) is 1. The van der Waals surface area contributed by atoms with Crippen LogP contribution >= 0.6 is 0 Å². The molecule has 0 aliphatic heterocycles. The van der Waals surface area contributed by atoms with Gasteiger partial charge in [-0.2, -0.15) is 0 Å². The molecule has 1 N–H and O–H groups in total. The molecule has 6 heavy (non-hydrogen) atoms. The molecule has 0 aromatic heterocycles. The first-order valence-corrected chi connectivity index (χ1v) is 2.02. The van der Waals surface area contributed by atoms with Gasteiger partial charge in [-0.25, -0.2) is 0 Å². The van der Waals surface area contributed by atoms with Gasteiger partial charge in [-0.3, -0.25) is 0 Å². The molecule has 0 saturated carbocycles. The fourth-order valence-electron chi connectivity index (χ4n) is 0.397. The van der Waals surface area contributed by atoms with Gasteiger partial charge in [0.05, 0.1) is 0 Å². The predicted octanol–water partition coefficient (Wildman–Crippen LogP) is 1.24. The Labute approximate surface area is 37.3 Å². The Hall–Kier alpha value is -0.300. The third kappa shape index (κ3) is 0.356. The highest BCUT2D eigenvalue weighted by molar-refractivity contribution is 5.27. The molecule has 0 unspecified atom stereocenters. The van der Waals surface area contributed by atoms with Crippen LogP contribution in [0.2, 0.25) is 0 Å². The summed E-state index contributed by atoms with van der Waals surface area (Å²) >= 11 is 0. The lowest BCUT2D eigenvalue weighted by Gasteiger charge is -2.15. The maximum atomic E-state index is 8.56. The van der Waals surface area contributed by atoms with E-state index in [9.17, 15) is 0 Å². The van der Waals surface area contributed by atoms with Crippen LogP contribution in [0.1, 0.15) is 13.3 Å². The summed E-state index contributed by atoms with van der Waals surface area (Å²) in [5.41, 5.74) is 1.04. The van der Waals surface area contributed by atoms with E-state index in [1.807, 2.05) is 13.0 Å². The molecule has 0 aromatic carbocycles. The summed E-state index contributed by atoms with van der Waals surface area (Å²) in [6.07, 6.45) is 3.33. The molecule has 1 nitrogen and oxygen atoms in total. The van der Waals surface area contributed by atoms with Crippen molar-refractivity contribution in [1.82, 2.24) is 0 Å². The zero-order valence-corrected chi connectivity index (χ0v) is 3.73. The van der Waals surface area contributed by atoms with Gasteiger partial charge in [0.25, 0.3) is 0 Å². The Morgan fingerprint density at radius 1 is 1.83 bits per heavy atom. The molecule has 0 atom stereocenters. The summed E-state index contributed by atoms with van der Waals surface area (Å²) in [5, 5.41) is 8.56. The van der Waals surface area contributed by atoms with E-state index >= 15 is 0 Å². The topological polar surface area (TPSA) is 20.2 Å². The first kappa shape index (κ1) is 3.88. The second-order valence-electron chi connectivity index (χ2n) is 1.54. The molecular weight excluding hydrogens is 76.1 g/mol. The second kappa shape index (κ2) is 1.09. The predicted molar refractivity (Wildman–Crippen MR) is 23.6 cm³/mol. The van der Waals surface area contributed by atoms with E-state index in [0.717, 1.165) is 12.0 Å². The SMILES string of the molecule is CC1=CC[C]1O. The van der Waals surface area contributed by atoms with Gasteiger partial charge < -0.3 is 5.11 Å². The molecule has 1 heteroatoms. The van der Waals surface area contributed by atoms with E-state index in [-0.39, 0.29) is 0 Å². The van der Waals surface area contributed by atoms with Gasteiger partial charge >= 0.3 is 0 Å². The zero-order valence-electron chi connectivity index (χ0n) is 3.73. The van der Waals surface area contributed by atoms with Crippen LogP contribution in [0.4, 0.5) is 0 Å². The highest BCUT2D eigenvalue weighted by Crippen LogP contribution is 2.24. The maximum absolute atomic E-state index is 8.56. The van der Waals surface area contributed by atoms with E-state index in [0.29, 0.717) is 6.10 Å². The first-order valence-electron chi connectivity index (χ1n) is 2.02. The normalized spacial score (nSPS) is 22.7. The highest BCUT2D eigenvalue weighted by Gasteiger charge is 2.13. The van der Waals surface area contributed by atoms with Gasteiger partial charge in [0.15, 0.2) is 0 Å². The van der Waals surface area contributed by atoms with Crippen molar-refractivity contribution in [3.8, 4) is 0 Å². The van der Waals surface area contributed by atoms with E-state index in [4.69, 9.17) is 5.11 Å². The average Bonchev–Trinajstić information content (AvgIpc) is 1.61. The second-order valence-corrected chi connectivity index (χ2v) is 1.54. The van der Waals surface area contributed by atoms with Crippen LogP contribution in [-0.4, -0.2) is 5.11 Å². The van der Waals surface area contributed by atoms with E-state index < -0.39 is 0 Å². The van der Waals surface area contributed by atoms with Crippen molar-refractivity contribution in [2.24, 2.45) is 0 Å². The minimum atomic E-state index is 0.551. The van der Waals surface area contributed by atoms with Crippen LogP contribution in [0.5, 0.6) is 0 Å². The lowest BCUT2D eigenvalue weighted by Crippen LogP contribution is -2.04. The summed E-state index contributed by atoms with van der Waals surface area (Å²) in [6, 6.07) is 0. The monoisotopic (exact) mass is 83.0 g/mol. The van der Waals surface area contributed by atoms with E-state index in [1.165, 1.54) is 0 Å². The number of hydrogen-bond donors (Lipinski definition) is 1. The third-order valence-corrected chi connectivity index (χ3v) is 1.06. The lowest BCUT2D eigenvalue weighted by molar-refractivity contribution is 0.305. The first-order chi connectivity index (χ1) is 2.80. The van der Waals surface area contributed by atoms with Gasteiger partial charge in [-0.1, -0.05) is 6.08 Å². The maximum Gasteiger partial charge on any atom is 0.122 e. The third-order valence-electron chi connectivity index (χ3n) is 1.06. The Kier molecular flexibility index (Phi) is 0.701. The molecule has 0 bridgehead atoms. The Morgan fingerprint density at radius 2 is 2.33 bits per heavy atom. The van der Waals surface area contributed by atoms with Crippen molar-refractivity contribution < 1.29 is 5.11 Å². The molecule has 0 spiro atoms. The molecule has 33 valence electrons. The van der Waals surface area contributed by atoms with Gasteiger partial charge in [0.1, 0.15) is 6.10 Å². The van der Waals surface area contributed by atoms with Crippen molar-refractivity contribution in [3.05, 3.63) is 17.8 Å². The Bertz CT molecular complexity index is 83.9. The molecule has 0 aromatic rings. The van der Waals surface area contributed by atoms with Crippen molar-refractivity contribution in [1.29, 1.82) is 0 Å². The van der Waals surface area contributed by atoms with Crippen LogP contribution in [0.3, 0.4) is 0 Å². The van der Waals surface area contributed by atoms with Crippen molar-refractivity contribution in [2.75, 3.05) is 0 Å². The quantitative estimate of drug-likeness (QED) is 0.467. The number of rotatable bonds is 0. The highest BCUT2D eigenvalue weighted by atomic mass is 16.3. The Balaban J connectivity index is 2.51. The van der Waals surface area contributed by atoms with E-state index in [2.05, 4.69) is 0 Å². The molecule has 0 heterocycles. The summed E-state index contributed by atoms with van der Waals surface area (Å²) in [6.45, 7) is 1.90. The van der Waals surface area contributed by atoms with Gasteiger partial charge in [0.2, 0.25) is 0 Å². The standard InChI is InChI=1S/C5H7O/c1-4-2-3-5(4)6/h2,6H,3H2,1H3. The van der Waals surface area contributed by atoms with Crippen LogP contribution in [0.15, 0.2) is 11.6 Å². The smallest absolute Gasteiger partial charge is 0.122 e. The molecule has 1 aliphatic rings. The van der Waals surface area contributed by atoms with Gasteiger partial charge in [-0.15, -0.1) is 0 Å². The molecule has 0 amide bonds. The summed E-state index contributed by atoms with van der Waals surface area (Å²) in [4.78, 5) is 0. The van der Waals surface area contributed by atoms with Crippen molar-refractivity contribution >= 4 is 0 Å². The summed E-state index contributed by atoms with van der Waals surface area (Å²) in [5.74, 6) is 0. The van der Waals surface area contributed by atoms with Crippen LogP contribution < -0.4 is 0 Å². The fraction of sp³-hybridized carbons (Fsp3) is 0.400. The van der Waals surface area contributed by atoms with E-state index in [1.54, 1.807) is 0 Å². The molecular formula is C5H7O. The van der Waals surface area contributed by atoms with Crippen LogP contribution in [-0.2, 0) is 0 Å². The average molecular weight is 83.1 g/mol. The van der Waals surface area contributed by atoms with Gasteiger partial charge in [0, 0.05) is 6.42 Å². The molecule has 1 radical (unpaired) electrons. The Morgan fingerprint density at radius 3 is 2.33 bits per heavy atom. The minimum Gasteiger partial charge on any atom is -0.382 e. The van der Waals surface area contributed by atoms with Crippen LogP contribution in [0, 0.1) is 6.10 Å². The molecule has 0 fully saturated rings. The summed E-state index contributed by atoms with van der Waals surface area (Å²) < 4.78 is 0. The largest absolute Gasteiger partial charge is 0.382 e. The fourth-order valence-corrected chi connectivity index (χ4v) is 0.397.